The lowest BCUT2D eigenvalue weighted by molar-refractivity contribution is -0.257. The van der Waals surface area contributed by atoms with Crippen LogP contribution in [-0.2, 0) is 33.9 Å². The SMILES string of the molecule is COc1cnc(O[C@@H]2C[C@H]3C(=O)C[C@]4(C(=O)NS(=O)(=O)C5(CF)CC5)C[C@H]4/C=C\CC[C@@H](C)C[C@@H](C)[C@H](CC(=O)OC(C)(C)C(F)(F)F)C(=O)N3C2)c2cc(F)ccc12. The minimum absolute atomic E-state index is 0.0336. The molecule has 18 heteroatoms. The number of hydrogen-bond donors (Lipinski definition) is 1. The van der Waals surface area contributed by atoms with Crippen molar-refractivity contribution in [2.24, 2.45) is 29.1 Å². The first-order valence-corrected chi connectivity index (χ1v) is 21.3. The Morgan fingerprint density at radius 3 is 2.44 bits per heavy atom. The zero-order valence-electron chi connectivity index (χ0n) is 33.6. The summed E-state index contributed by atoms with van der Waals surface area (Å²) in [6.45, 7) is 3.58. The van der Waals surface area contributed by atoms with Gasteiger partial charge in [0.1, 0.15) is 29.1 Å². The number of fused-ring (bicyclic) bond motifs is 3. The van der Waals surface area contributed by atoms with Gasteiger partial charge in [-0.05, 0) is 88.3 Å². The first kappa shape index (κ1) is 44.2. The highest BCUT2D eigenvalue weighted by atomic mass is 32.2. The molecule has 2 saturated carbocycles. The van der Waals surface area contributed by atoms with Gasteiger partial charge in [0.2, 0.25) is 33.3 Å². The quantitative estimate of drug-likeness (QED) is 0.158. The van der Waals surface area contributed by atoms with E-state index in [0.29, 0.717) is 44.2 Å². The Balaban J connectivity index is 1.37. The zero-order valence-corrected chi connectivity index (χ0v) is 34.4. The summed E-state index contributed by atoms with van der Waals surface area (Å²) in [6.07, 6.45) is -0.668. The lowest BCUT2D eigenvalue weighted by atomic mass is 9.82. The van der Waals surface area contributed by atoms with Crippen LogP contribution in [0.25, 0.3) is 10.8 Å². The number of sulfonamides is 1. The largest absolute Gasteiger partial charge is 0.494 e. The molecule has 2 aliphatic carbocycles. The van der Waals surface area contributed by atoms with Gasteiger partial charge in [-0.3, -0.25) is 23.9 Å². The highest BCUT2D eigenvalue weighted by molar-refractivity contribution is 7.91. The second kappa shape index (κ2) is 16.3. The Labute approximate surface area is 339 Å². The molecule has 2 aromatic rings. The molecule has 324 valence electrons. The van der Waals surface area contributed by atoms with E-state index < -0.39 is 111 Å². The fraction of sp³-hybridized carbons (Fsp3) is 0.634. The van der Waals surface area contributed by atoms with Crippen LogP contribution < -0.4 is 14.2 Å². The van der Waals surface area contributed by atoms with Crippen molar-refractivity contribution in [2.45, 2.75) is 114 Å². The number of alkyl halides is 4. The number of methoxy groups -OCH3 is 1. The predicted molar refractivity (Wildman–Crippen MR) is 204 cm³/mol. The summed E-state index contributed by atoms with van der Waals surface area (Å²) in [7, 11) is -3.04. The molecule has 1 N–H and O–H groups in total. The van der Waals surface area contributed by atoms with Gasteiger partial charge in [-0.25, -0.2) is 22.2 Å². The van der Waals surface area contributed by atoms with Crippen LogP contribution in [0.1, 0.15) is 85.5 Å². The number of allylic oxidation sites excluding steroid dienone is 2. The van der Waals surface area contributed by atoms with Gasteiger partial charge in [0.05, 0.1) is 49.0 Å². The number of amides is 2. The third-order valence-electron chi connectivity index (χ3n) is 12.5. The number of esters is 1. The van der Waals surface area contributed by atoms with Gasteiger partial charge in [0.15, 0.2) is 5.78 Å². The van der Waals surface area contributed by atoms with Gasteiger partial charge in [0.25, 0.3) is 0 Å². The lowest BCUT2D eigenvalue weighted by Crippen LogP contribution is -2.49. The molecule has 7 atom stereocenters. The summed E-state index contributed by atoms with van der Waals surface area (Å²) < 4.78 is 113. The number of hydrogen-bond acceptors (Lipinski definition) is 10. The van der Waals surface area contributed by atoms with Crippen LogP contribution in [-0.4, -0.2) is 90.9 Å². The van der Waals surface area contributed by atoms with Crippen molar-refractivity contribution in [3.63, 3.8) is 0 Å². The maximum absolute atomic E-state index is 14.8. The van der Waals surface area contributed by atoms with Crippen molar-refractivity contribution in [2.75, 3.05) is 20.3 Å². The number of carbonyl (C=O) groups excluding carboxylic acids is 4. The standard InChI is InChI=1S/C41H50F5N3O9S/c1-23-8-6-7-9-25-18-40(25,37(53)48-59(54,55)39(22-42)12-13-39)19-32(50)31-16-27(57-35-30-15-26(43)10-11-28(30)33(56-5)20-47-35)21-49(31)36(52)29(24(2)14-23)17-34(51)58-38(3,4)41(44,45)46/h7,9-11,15,20,23-25,27,29,31H,6,8,12-14,16-19,21-22H2,1-5H3,(H,48,53)/b9-7-/t23-,24-,25-,27-,29+,31+,40-/m1/s1. The predicted octanol–water partition coefficient (Wildman–Crippen LogP) is 6.55. The van der Waals surface area contributed by atoms with Crippen molar-refractivity contribution < 1.29 is 63.8 Å². The van der Waals surface area contributed by atoms with E-state index in [4.69, 9.17) is 14.2 Å². The molecule has 0 unspecified atom stereocenters. The lowest BCUT2D eigenvalue weighted by Gasteiger charge is -2.33. The van der Waals surface area contributed by atoms with Crippen molar-refractivity contribution >= 4 is 44.4 Å². The van der Waals surface area contributed by atoms with E-state index in [1.165, 1.54) is 36.4 Å². The molecule has 3 heterocycles. The molecule has 0 radical (unpaired) electrons. The summed E-state index contributed by atoms with van der Waals surface area (Å²) in [5, 5.41) is 0.687. The normalized spacial score (nSPS) is 29.4. The van der Waals surface area contributed by atoms with E-state index in [9.17, 15) is 49.5 Å². The molecular weight excluding hydrogens is 806 g/mol. The van der Waals surface area contributed by atoms with Crippen LogP contribution in [0, 0.1) is 34.9 Å². The van der Waals surface area contributed by atoms with E-state index in [2.05, 4.69) is 9.71 Å². The fourth-order valence-corrected chi connectivity index (χ4v) is 9.83. The molecule has 1 aromatic heterocycles. The monoisotopic (exact) mass is 855 g/mol. The van der Waals surface area contributed by atoms with Gasteiger partial charge in [-0.2, -0.15) is 13.2 Å². The molecule has 2 amide bonds. The van der Waals surface area contributed by atoms with Crippen LogP contribution in [0.3, 0.4) is 0 Å². The number of benzene rings is 1. The Morgan fingerprint density at radius 1 is 1.08 bits per heavy atom. The van der Waals surface area contributed by atoms with Crippen molar-refractivity contribution in [3.05, 3.63) is 42.4 Å². The van der Waals surface area contributed by atoms with Gasteiger partial charge in [-0.1, -0.05) is 26.0 Å². The van der Waals surface area contributed by atoms with Crippen LogP contribution in [0.4, 0.5) is 22.0 Å². The third kappa shape index (κ3) is 8.92. The number of Topliss-reactive ketones (excluding diaryl/α,β-unsaturated/α-hetero) is 1. The molecule has 1 saturated heterocycles. The summed E-state index contributed by atoms with van der Waals surface area (Å²) in [6, 6.07) is 2.57. The Morgan fingerprint density at radius 2 is 1.80 bits per heavy atom. The molecule has 2 aliphatic heterocycles. The minimum atomic E-state index is -4.91. The third-order valence-corrected chi connectivity index (χ3v) is 14.6. The second-order valence-corrected chi connectivity index (χ2v) is 19.4. The number of halogens is 5. The Bertz CT molecular complexity index is 2130. The molecule has 0 bridgehead atoms. The number of nitrogens with zero attached hydrogens (tertiary/aromatic N) is 2. The molecule has 59 heavy (non-hydrogen) atoms. The Hall–Kier alpha value is -4.35. The van der Waals surface area contributed by atoms with E-state index in [1.54, 1.807) is 13.0 Å². The average molecular weight is 856 g/mol. The van der Waals surface area contributed by atoms with Crippen molar-refractivity contribution in [1.82, 2.24) is 14.6 Å². The molecule has 1 aromatic carbocycles. The molecular formula is C41H50F5N3O9S. The van der Waals surface area contributed by atoms with E-state index in [1.807, 2.05) is 13.0 Å². The number of carbonyl (C=O) groups is 4. The van der Waals surface area contributed by atoms with Gasteiger partial charge in [-0.15, -0.1) is 0 Å². The van der Waals surface area contributed by atoms with Gasteiger partial charge < -0.3 is 19.1 Å². The number of aromatic nitrogens is 1. The van der Waals surface area contributed by atoms with E-state index in [0.717, 1.165) is 0 Å². The van der Waals surface area contributed by atoms with E-state index >= 15 is 0 Å². The summed E-state index contributed by atoms with van der Waals surface area (Å²) >= 11 is 0. The number of ether oxygens (including phenoxy) is 3. The second-order valence-electron chi connectivity index (χ2n) is 17.3. The number of rotatable bonds is 10. The van der Waals surface area contributed by atoms with Gasteiger partial charge in [0, 0.05) is 18.2 Å². The van der Waals surface area contributed by atoms with Gasteiger partial charge >= 0.3 is 12.1 Å². The summed E-state index contributed by atoms with van der Waals surface area (Å²) in [5.74, 6) is -6.34. The van der Waals surface area contributed by atoms with Crippen molar-refractivity contribution in [3.8, 4) is 11.6 Å². The van der Waals surface area contributed by atoms with Crippen molar-refractivity contribution in [1.29, 1.82) is 0 Å². The topological polar surface area (TPSA) is 158 Å². The zero-order chi connectivity index (χ0) is 43.3. The highest BCUT2D eigenvalue weighted by Crippen LogP contribution is 2.58. The first-order valence-electron chi connectivity index (χ1n) is 19.8. The summed E-state index contributed by atoms with van der Waals surface area (Å²) in [5.41, 5.74) is -4.40. The van der Waals surface area contributed by atoms with Crippen LogP contribution in [0.15, 0.2) is 36.5 Å². The number of pyridine rings is 1. The smallest absolute Gasteiger partial charge is 0.427 e. The molecule has 4 aliphatic rings. The summed E-state index contributed by atoms with van der Waals surface area (Å²) in [4.78, 5) is 62.1. The molecule has 0 spiro atoms. The maximum Gasteiger partial charge on any atom is 0.427 e. The molecule has 12 nitrogen and oxygen atoms in total. The van der Waals surface area contributed by atoms with Crippen LogP contribution in [0.5, 0.6) is 11.6 Å². The Kier molecular flexibility index (Phi) is 12.2. The van der Waals surface area contributed by atoms with Crippen LogP contribution in [0.2, 0.25) is 0 Å². The maximum atomic E-state index is 14.8. The highest BCUT2D eigenvalue weighted by Gasteiger charge is 2.63. The minimum Gasteiger partial charge on any atom is -0.494 e. The number of ketones is 1. The van der Waals surface area contributed by atoms with E-state index in [-0.39, 0.29) is 49.4 Å². The first-order chi connectivity index (χ1) is 27.6. The average Bonchev–Trinajstić information content (AvgIpc) is 4.06. The number of nitrogens with one attached hydrogen (secondary N) is 1. The molecule has 6 rings (SSSR count). The van der Waals surface area contributed by atoms with Crippen LogP contribution >= 0.6 is 0 Å². The molecule has 3 fully saturated rings. The fourth-order valence-electron chi connectivity index (χ4n) is 8.38.